The number of rotatable bonds is 6. The molecule has 0 unspecified atom stereocenters. The van der Waals surface area contributed by atoms with Crippen LogP contribution >= 0.6 is 12.4 Å². The standard InChI is InChI=1S/C32H29N5O3.ClH/c33-32(34-25-13-15-26(16-14-25)39-22-23-7-2-1-3-8-23)37-19-17-36(18-20-37)21-29-31(38)40-30(35-29)28-12-6-10-24-9-4-5-11-27(24)28;/h1-16,21H,17-20,22H2,(H2,33,34);1H. The topological polar surface area (TPSA) is 90.2 Å². The van der Waals surface area contributed by atoms with Gasteiger partial charge in [-0.3, -0.25) is 5.41 Å². The molecule has 0 spiro atoms. The number of cyclic esters (lactones) is 1. The lowest BCUT2D eigenvalue weighted by atomic mass is 10.0. The summed E-state index contributed by atoms with van der Waals surface area (Å²) in [5.74, 6) is 0.992. The van der Waals surface area contributed by atoms with E-state index in [4.69, 9.17) is 14.9 Å². The molecule has 1 saturated heterocycles. The minimum Gasteiger partial charge on any atom is -0.489 e. The molecule has 0 atom stereocenters. The molecule has 41 heavy (non-hydrogen) atoms. The Balaban J connectivity index is 0.00000337. The number of aliphatic imine (C=N–C) groups is 1. The molecule has 2 aliphatic rings. The van der Waals surface area contributed by atoms with Gasteiger partial charge in [-0.1, -0.05) is 66.7 Å². The molecule has 0 radical (unpaired) electrons. The van der Waals surface area contributed by atoms with Gasteiger partial charge in [-0.15, -0.1) is 12.4 Å². The van der Waals surface area contributed by atoms with E-state index >= 15 is 0 Å². The van der Waals surface area contributed by atoms with Gasteiger partial charge < -0.3 is 24.6 Å². The van der Waals surface area contributed by atoms with Gasteiger partial charge in [0.1, 0.15) is 12.4 Å². The zero-order chi connectivity index (χ0) is 27.3. The molecular weight excluding hydrogens is 538 g/mol. The van der Waals surface area contributed by atoms with Gasteiger partial charge in [0.15, 0.2) is 11.7 Å². The third-order valence-electron chi connectivity index (χ3n) is 6.94. The molecule has 0 aliphatic carbocycles. The van der Waals surface area contributed by atoms with Crippen molar-refractivity contribution in [3.05, 3.63) is 120 Å². The van der Waals surface area contributed by atoms with Crippen LogP contribution in [0.15, 0.2) is 114 Å². The van der Waals surface area contributed by atoms with E-state index in [0.717, 1.165) is 33.3 Å². The highest BCUT2D eigenvalue weighted by molar-refractivity contribution is 6.16. The third-order valence-corrected chi connectivity index (χ3v) is 6.94. The summed E-state index contributed by atoms with van der Waals surface area (Å²) in [6, 6.07) is 31.5. The van der Waals surface area contributed by atoms with Gasteiger partial charge in [-0.2, -0.15) is 0 Å². The molecule has 2 N–H and O–H groups in total. The van der Waals surface area contributed by atoms with Gasteiger partial charge in [0.2, 0.25) is 5.90 Å². The van der Waals surface area contributed by atoms with Crippen molar-refractivity contribution in [1.29, 1.82) is 5.41 Å². The molecule has 9 heteroatoms. The summed E-state index contributed by atoms with van der Waals surface area (Å²) < 4.78 is 11.4. The number of anilines is 1. The van der Waals surface area contributed by atoms with Crippen molar-refractivity contribution in [2.45, 2.75) is 6.61 Å². The van der Waals surface area contributed by atoms with Gasteiger partial charge in [0.05, 0.1) is 0 Å². The highest BCUT2D eigenvalue weighted by Crippen LogP contribution is 2.24. The number of nitrogens with zero attached hydrogens (tertiary/aromatic N) is 3. The SMILES string of the molecule is Cl.N=C(Nc1ccc(OCc2ccccc2)cc1)N1CCN(C=C2N=C(c3cccc4ccccc34)OC2=O)CC1. The third kappa shape index (κ3) is 6.50. The molecule has 4 aromatic rings. The summed E-state index contributed by atoms with van der Waals surface area (Å²) in [4.78, 5) is 21.1. The van der Waals surface area contributed by atoms with Crippen LogP contribution in [0.5, 0.6) is 5.75 Å². The summed E-state index contributed by atoms with van der Waals surface area (Å²) in [5.41, 5.74) is 3.03. The van der Waals surface area contributed by atoms with E-state index in [1.807, 2.05) is 102 Å². The van der Waals surface area contributed by atoms with Crippen LogP contribution < -0.4 is 10.1 Å². The number of hydrogen-bond acceptors (Lipinski definition) is 6. The van der Waals surface area contributed by atoms with Crippen LogP contribution in [0.25, 0.3) is 10.8 Å². The predicted molar refractivity (Wildman–Crippen MR) is 164 cm³/mol. The number of halogens is 1. The average Bonchev–Trinajstić information content (AvgIpc) is 3.36. The zero-order valence-electron chi connectivity index (χ0n) is 22.3. The number of nitrogens with one attached hydrogen (secondary N) is 2. The van der Waals surface area contributed by atoms with E-state index in [9.17, 15) is 4.79 Å². The molecule has 208 valence electrons. The summed E-state index contributed by atoms with van der Waals surface area (Å²) in [7, 11) is 0. The highest BCUT2D eigenvalue weighted by Gasteiger charge is 2.27. The molecule has 4 aromatic carbocycles. The maximum atomic E-state index is 12.6. The van der Waals surface area contributed by atoms with Crippen LogP contribution in [0.4, 0.5) is 5.69 Å². The van der Waals surface area contributed by atoms with Crippen LogP contribution in [-0.4, -0.2) is 53.8 Å². The van der Waals surface area contributed by atoms with Gasteiger partial charge >= 0.3 is 5.97 Å². The first-order chi connectivity index (χ1) is 19.6. The fourth-order valence-corrected chi connectivity index (χ4v) is 4.77. The summed E-state index contributed by atoms with van der Waals surface area (Å²) >= 11 is 0. The summed E-state index contributed by atoms with van der Waals surface area (Å²) in [5, 5.41) is 13.8. The molecule has 0 bridgehead atoms. The first-order valence-electron chi connectivity index (χ1n) is 13.2. The number of carbonyl (C=O) groups excluding carboxylic acids is 1. The molecule has 0 aromatic heterocycles. The number of ether oxygens (including phenoxy) is 2. The van der Waals surface area contributed by atoms with Gasteiger partial charge in [0.25, 0.3) is 0 Å². The zero-order valence-corrected chi connectivity index (χ0v) is 23.1. The number of piperazine rings is 1. The minimum absolute atomic E-state index is 0. The Labute approximate surface area is 244 Å². The van der Waals surface area contributed by atoms with Crippen molar-refractivity contribution in [3.8, 4) is 5.75 Å². The second-order valence-corrected chi connectivity index (χ2v) is 9.64. The van der Waals surface area contributed by atoms with E-state index < -0.39 is 5.97 Å². The van der Waals surface area contributed by atoms with E-state index in [-0.39, 0.29) is 12.4 Å². The van der Waals surface area contributed by atoms with Crippen LogP contribution in [0.1, 0.15) is 11.1 Å². The van der Waals surface area contributed by atoms with Gasteiger partial charge in [-0.25, -0.2) is 9.79 Å². The normalized spacial score (nSPS) is 15.8. The van der Waals surface area contributed by atoms with Gasteiger partial charge in [0, 0.05) is 43.6 Å². The lowest BCUT2D eigenvalue weighted by molar-refractivity contribution is -0.130. The molecular formula is C32H30ClN5O3. The quantitative estimate of drug-likeness (QED) is 0.135. The number of benzene rings is 4. The molecule has 2 heterocycles. The van der Waals surface area contributed by atoms with Crippen LogP contribution in [0, 0.1) is 5.41 Å². The maximum absolute atomic E-state index is 12.6. The summed E-state index contributed by atoms with van der Waals surface area (Å²) in [6.45, 7) is 3.11. The van der Waals surface area contributed by atoms with Crippen molar-refractivity contribution < 1.29 is 14.3 Å². The van der Waals surface area contributed by atoms with Crippen molar-refractivity contribution >= 4 is 46.7 Å². The number of esters is 1. The van der Waals surface area contributed by atoms with Gasteiger partial charge in [-0.05, 0) is 46.7 Å². The Morgan fingerprint density at radius 3 is 2.39 bits per heavy atom. The maximum Gasteiger partial charge on any atom is 0.365 e. The molecule has 6 rings (SSSR count). The highest BCUT2D eigenvalue weighted by atomic mass is 35.5. The molecule has 1 fully saturated rings. The Kier molecular flexibility index (Phi) is 8.50. The molecule has 2 aliphatic heterocycles. The lowest BCUT2D eigenvalue weighted by Crippen LogP contribution is -2.48. The van der Waals surface area contributed by atoms with Crippen LogP contribution in [0.3, 0.4) is 0 Å². The van der Waals surface area contributed by atoms with Crippen molar-refractivity contribution in [2.75, 3.05) is 31.5 Å². The second kappa shape index (κ2) is 12.6. The van der Waals surface area contributed by atoms with Crippen LogP contribution in [0.2, 0.25) is 0 Å². The Morgan fingerprint density at radius 2 is 1.61 bits per heavy atom. The Bertz CT molecular complexity index is 1590. The van der Waals surface area contributed by atoms with Crippen LogP contribution in [-0.2, 0) is 16.1 Å². The Hall–Kier alpha value is -4.82. The average molecular weight is 568 g/mol. The van der Waals surface area contributed by atoms with E-state index in [2.05, 4.69) is 15.2 Å². The molecule has 8 nitrogen and oxygen atoms in total. The Morgan fingerprint density at radius 1 is 0.902 bits per heavy atom. The largest absolute Gasteiger partial charge is 0.489 e. The second-order valence-electron chi connectivity index (χ2n) is 9.64. The predicted octanol–water partition coefficient (Wildman–Crippen LogP) is 5.65. The fraction of sp³-hybridized carbons (Fsp3) is 0.156. The van der Waals surface area contributed by atoms with E-state index in [1.165, 1.54) is 0 Å². The monoisotopic (exact) mass is 567 g/mol. The first kappa shape index (κ1) is 27.7. The molecule has 0 amide bonds. The number of carbonyl (C=O) groups is 1. The number of guanidine groups is 1. The lowest BCUT2D eigenvalue weighted by Gasteiger charge is -2.35. The summed E-state index contributed by atoms with van der Waals surface area (Å²) in [6.07, 6.45) is 1.77. The van der Waals surface area contributed by atoms with Crippen molar-refractivity contribution in [2.24, 2.45) is 4.99 Å². The number of fused-ring (bicyclic) bond motifs is 1. The van der Waals surface area contributed by atoms with Crippen molar-refractivity contribution in [3.63, 3.8) is 0 Å². The van der Waals surface area contributed by atoms with Crippen molar-refractivity contribution in [1.82, 2.24) is 9.80 Å². The van der Waals surface area contributed by atoms with E-state index in [1.54, 1.807) is 6.20 Å². The minimum atomic E-state index is -0.448. The van der Waals surface area contributed by atoms with E-state index in [0.29, 0.717) is 50.3 Å². The number of hydrogen-bond donors (Lipinski definition) is 2. The smallest absolute Gasteiger partial charge is 0.365 e. The molecule has 0 saturated carbocycles. The fourth-order valence-electron chi connectivity index (χ4n) is 4.77. The first-order valence-corrected chi connectivity index (χ1v) is 13.2.